The quantitative estimate of drug-likeness (QED) is 0.632. The van der Waals surface area contributed by atoms with Crippen molar-refractivity contribution >= 4 is 17.6 Å². The molecular formula is C26H21N3O3. The van der Waals surface area contributed by atoms with E-state index in [1.54, 1.807) is 4.90 Å². The summed E-state index contributed by atoms with van der Waals surface area (Å²) in [5, 5.41) is 5.72. The Morgan fingerprint density at radius 2 is 1.66 bits per heavy atom. The molecule has 6 heteroatoms. The number of amides is 3. The number of nitrogens with one attached hydrogen (secondary N) is 2. The van der Waals surface area contributed by atoms with Crippen LogP contribution in [-0.2, 0) is 4.79 Å². The second kappa shape index (κ2) is 8.48. The van der Waals surface area contributed by atoms with Crippen LogP contribution in [0.25, 0.3) is 0 Å². The van der Waals surface area contributed by atoms with E-state index in [1.165, 1.54) is 0 Å². The minimum atomic E-state index is -0.441. The third kappa shape index (κ3) is 3.77. The zero-order valence-electron chi connectivity index (χ0n) is 17.3. The molecule has 0 aromatic heterocycles. The van der Waals surface area contributed by atoms with Gasteiger partial charge in [0.25, 0.3) is 0 Å². The van der Waals surface area contributed by atoms with Crippen LogP contribution in [0.2, 0.25) is 0 Å². The summed E-state index contributed by atoms with van der Waals surface area (Å²) in [6.07, 6.45) is 0. The normalized spacial score (nSPS) is 14.4. The number of carbonyl (C=O) groups excluding carboxylic acids is 2. The lowest BCUT2D eigenvalue weighted by Crippen LogP contribution is -2.31. The largest absolute Gasteiger partial charge is 0.457 e. The lowest BCUT2D eigenvalue weighted by atomic mass is 9.87. The first-order valence-electron chi connectivity index (χ1n) is 10.5. The van der Waals surface area contributed by atoms with Gasteiger partial charge in [0.1, 0.15) is 11.5 Å². The summed E-state index contributed by atoms with van der Waals surface area (Å²) in [5.74, 6) is 6.92. The van der Waals surface area contributed by atoms with Crippen LogP contribution in [0.15, 0.2) is 72.8 Å². The molecule has 0 aliphatic carbocycles. The second-order valence-corrected chi connectivity index (χ2v) is 7.56. The highest BCUT2D eigenvalue weighted by molar-refractivity contribution is 5.94. The first-order chi connectivity index (χ1) is 15.7. The average Bonchev–Trinajstić information content (AvgIpc) is 3.26. The number of fused-ring (bicyclic) bond motifs is 2. The van der Waals surface area contributed by atoms with E-state index in [-0.39, 0.29) is 18.5 Å². The van der Waals surface area contributed by atoms with Gasteiger partial charge in [-0.1, -0.05) is 48.2 Å². The molecule has 2 aliphatic rings. The summed E-state index contributed by atoms with van der Waals surface area (Å²) in [6.45, 7) is 1.55. The summed E-state index contributed by atoms with van der Waals surface area (Å²) < 4.78 is 5.96. The molecule has 6 nitrogen and oxygen atoms in total. The Morgan fingerprint density at radius 1 is 1.00 bits per heavy atom. The van der Waals surface area contributed by atoms with Gasteiger partial charge in [-0.25, -0.2) is 4.79 Å². The summed E-state index contributed by atoms with van der Waals surface area (Å²) in [7, 11) is 0. The van der Waals surface area contributed by atoms with Gasteiger partial charge in [-0.05, 0) is 36.4 Å². The predicted molar refractivity (Wildman–Crippen MR) is 122 cm³/mol. The summed E-state index contributed by atoms with van der Waals surface area (Å²) in [5.41, 5.74) is 3.36. The highest BCUT2D eigenvalue weighted by Gasteiger charge is 2.32. The van der Waals surface area contributed by atoms with E-state index in [1.807, 2.05) is 72.8 Å². The van der Waals surface area contributed by atoms with Crippen molar-refractivity contribution in [2.75, 3.05) is 24.5 Å². The van der Waals surface area contributed by atoms with E-state index in [0.29, 0.717) is 24.6 Å². The maximum absolute atomic E-state index is 13.1. The van der Waals surface area contributed by atoms with Crippen LogP contribution in [0.5, 0.6) is 11.5 Å². The third-order valence-corrected chi connectivity index (χ3v) is 5.56. The molecule has 1 saturated heterocycles. The number of urea groups is 1. The van der Waals surface area contributed by atoms with E-state index in [9.17, 15) is 9.59 Å². The number of hydrogen-bond acceptors (Lipinski definition) is 3. The standard InChI is InChI=1S/C26H21N3O3/c30-25(24-20-7-1-3-9-22(20)32-23-10-4-2-8-21(23)24)27-15-5-6-18-11-13-19(14-12-18)29-17-16-28-26(29)31/h1-4,7-14,24H,15-17H2,(H,27,30)(H,28,31). The highest BCUT2D eigenvalue weighted by atomic mass is 16.5. The SMILES string of the molecule is O=C(NCC#Cc1ccc(N2CCNC2=O)cc1)C1c2ccccc2Oc2ccccc21. The third-order valence-electron chi connectivity index (χ3n) is 5.56. The average molecular weight is 423 g/mol. The number of anilines is 1. The Kier molecular flexibility index (Phi) is 5.22. The molecular weight excluding hydrogens is 402 g/mol. The predicted octanol–water partition coefficient (Wildman–Crippen LogP) is 3.62. The van der Waals surface area contributed by atoms with Crippen LogP contribution in [-0.4, -0.2) is 31.6 Å². The number of hydrogen-bond donors (Lipinski definition) is 2. The Balaban J connectivity index is 1.27. The van der Waals surface area contributed by atoms with Gasteiger partial charge in [-0.15, -0.1) is 0 Å². The molecule has 0 bridgehead atoms. The topological polar surface area (TPSA) is 70.7 Å². The lowest BCUT2D eigenvalue weighted by Gasteiger charge is -2.27. The molecule has 5 rings (SSSR count). The van der Waals surface area contributed by atoms with E-state index in [0.717, 1.165) is 22.4 Å². The summed E-state index contributed by atoms with van der Waals surface area (Å²) >= 11 is 0. The fraction of sp³-hybridized carbons (Fsp3) is 0.154. The number of para-hydroxylation sites is 2. The molecule has 0 spiro atoms. The Hall–Kier alpha value is -4.24. The van der Waals surface area contributed by atoms with Crippen LogP contribution in [0.3, 0.4) is 0 Å². The van der Waals surface area contributed by atoms with Crippen molar-refractivity contribution in [3.63, 3.8) is 0 Å². The molecule has 1 fully saturated rings. The van der Waals surface area contributed by atoms with Gasteiger partial charge < -0.3 is 15.4 Å². The molecule has 3 aromatic rings. The van der Waals surface area contributed by atoms with Crippen molar-refractivity contribution < 1.29 is 14.3 Å². The lowest BCUT2D eigenvalue weighted by molar-refractivity contribution is -0.121. The fourth-order valence-corrected chi connectivity index (χ4v) is 4.01. The van der Waals surface area contributed by atoms with E-state index < -0.39 is 5.92 Å². The molecule has 0 radical (unpaired) electrons. The minimum absolute atomic E-state index is 0.0807. The number of rotatable bonds is 3. The summed E-state index contributed by atoms with van der Waals surface area (Å²) in [6, 6.07) is 22.6. The second-order valence-electron chi connectivity index (χ2n) is 7.56. The first-order valence-corrected chi connectivity index (χ1v) is 10.5. The molecule has 3 amide bonds. The van der Waals surface area contributed by atoms with Gasteiger partial charge in [0, 0.05) is 35.5 Å². The van der Waals surface area contributed by atoms with Crippen LogP contribution in [0.4, 0.5) is 10.5 Å². The fourth-order valence-electron chi connectivity index (χ4n) is 4.01. The van der Waals surface area contributed by atoms with Crippen molar-refractivity contribution in [1.82, 2.24) is 10.6 Å². The van der Waals surface area contributed by atoms with E-state index in [4.69, 9.17) is 4.74 Å². The van der Waals surface area contributed by atoms with Gasteiger partial charge in [-0.3, -0.25) is 9.69 Å². The van der Waals surface area contributed by atoms with E-state index >= 15 is 0 Å². The van der Waals surface area contributed by atoms with Crippen molar-refractivity contribution in [2.24, 2.45) is 0 Å². The van der Waals surface area contributed by atoms with Crippen LogP contribution in [0.1, 0.15) is 22.6 Å². The molecule has 0 unspecified atom stereocenters. The minimum Gasteiger partial charge on any atom is -0.457 e. The zero-order chi connectivity index (χ0) is 21.9. The van der Waals surface area contributed by atoms with Crippen molar-refractivity contribution in [3.05, 3.63) is 89.5 Å². The molecule has 3 aromatic carbocycles. The Labute approximate surface area is 186 Å². The van der Waals surface area contributed by atoms with Crippen molar-refractivity contribution in [2.45, 2.75) is 5.92 Å². The smallest absolute Gasteiger partial charge is 0.321 e. The van der Waals surface area contributed by atoms with Crippen LogP contribution < -0.4 is 20.3 Å². The molecule has 0 atom stereocenters. The van der Waals surface area contributed by atoms with Gasteiger partial charge in [0.15, 0.2) is 0 Å². The van der Waals surface area contributed by atoms with Crippen LogP contribution >= 0.6 is 0 Å². The molecule has 2 N–H and O–H groups in total. The maximum atomic E-state index is 13.1. The van der Waals surface area contributed by atoms with Crippen LogP contribution in [0, 0.1) is 11.8 Å². The number of benzene rings is 3. The molecule has 2 heterocycles. The van der Waals surface area contributed by atoms with Gasteiger partial charge in [0.05, 0.1) is 12.5 Å². The Morgan fingerprint density at radius 3 is 2.28 bits per heavy atom. The summed E-state index contributed by atoms with van der Waals surface area (Å²) in [4.78, 5) is 26.5. The Bertz CT molecular complexity index is 1200. The molecule has 32 heavy (non-hydrogen) atoms. The first kappa shape index (κ1) is 19.7. The zero-order valence-corrected chi connectivity index (χ0v) is 17.3. The number of carbonyl (C=O) groups is 2. The number of ether oxygens (including phenoxy) is 1. The van der Waals surface area contributed by atoms with Crippen molar-refractivity contribution in [3.8, 4) is 23.3 Å². The van der Waals surface area contributed by atoms with Gasteiger partial charge in [0.2, 0.25) is 5.91 Å². The maximum Gasteiger partial charge on any atom is 0.321 e. The van der Waals surface area contributed by atoms with Gasteiger partial charge in [-0.2, -0.15) is 0 Å². The van der Waals surface area contributed by atoms with Crippen molar-refractivity contribution in [1.29, 1.82) is 0 Å². The van der Waals surface area contributed by atoms with E-state index in [2.05, 4.69) is 22.5 Å². The molecule has 2 aliphatic heterocycles. The number of nitrogens with zero attached hydrogens (tertiary/aromatic N) is 1. The monoisotopic (exact) mass is 423 g/mol. The molecule has 158 valence electrons. The van der Waals surface area contributed by atoms with Gasteiger partial charge >= 0.3 is 6.03 Å². The highest BCUT2D eigenvalue weighted by Crippen LogP contribution is 2.43. The molecule has 0 saturated carbocycles.